The van der Waals surface area contributed by atoms with E-state index in [0.717, 1.165) is 5.56 Å². The summed E-state index contributed by atoms with van der Waals surface area (Å²) in [5, 5.41) is 0. The van der Waals surface area contributed by atoms with E-state index in [1.54, 1.807) is 27.2 Å². The molecule has 0 aromatic heterocycles. The molecule has 5 nitrogen and oxygen atoms in total. The van der Waals surface area contributed by atoms with Crippen molar-refractivity contribution in [1.29, 1.82) is 0 Å². The van der Waals surface area contributed by atoms with Gasteiger partial charge in [-0.2, -0.15) is 0 Å². The fourth-order valence-corrected chi connectivity index (χ4v) is 2.33. The van der Waals surface area contributed by atoms with E-state index < -0.39 is 0 Å². The molecule has 5 heteroatoms. The highest BCUT2D eigenvalue weighted by Crippen LogP contribution is 2.24. The lowest BCUT2D eigenvalue weighted by Gasteiger charge is -2.15. The summed E-state index contributed by atoms with van der Waals surface area (Å²) in [6, 6.07) is 5.56. The van der Waals surface area contributed by atoms with Gasteiger partial charge >= 0.3 is 0 Å². The first-order valence-corrected chi connectivity index (χ1v) is 6.61. The Labute approximate surface area is 118 Å². The molecule has 0 aliphatic carbocycles. The van der Waals surface area contributed by atoms with Crippen LogP contribution < -0.4 is 9.47 Å². The van der Waals surface area contributed by atoms with Crippen LogP contribution in [0.1, 0.15) is 18.9 Å². The average Bonchev–Trinajstić information content (AvgIpc) is 2.69. The van der Waals surface area contributed by atoms with Crippen LogP contribution in [0.2, 0.25) is 0 Å². The van der Waals surface area contributed by atoms with Crippen LogP contribution in [0, 0.1) is 5.92 Å². The Morgan fingerprint density at radius 1 is 1.15 bits per heavy atom. The van der Waals surface area contributed by atoms with Gasteiger partial charge in [0.1, 0.15) is 11.5 Å². The molecule has 1 fully saturated rings. The van der Waals surface area contributed by atoms with Gasteiger partial charge in [0.05, 0.1) is 14.2 Å². The number of nitrogens with zero attached hydrogens (tertiary/aromatic N) is 1. The monoisotopic (exact) mass is 277 g/mol. The van der Waals surface area contributed by atoms with Crippen molar-refractivity contribution in [3.05, 3.63) is 23.8 Å². The van der Waals surface area contributed by atoms with Crippen LogP contribution in [0.3, 0.4) is 0 Å². The van der Waals surface area contributed by atoms with Gasteiger partial charge in [0.2, 0.25) is 11.8 Å². The summed E-state index contributed by atoms with van der Waals surface area (Å²) in [6.45, 7) is 2.19. The van der Waals surface area contributed by atoms with Crippen LogP contribution in [-0.4, -0.2) is 37.5 Å². The van der Waals surface area contributed by atoms with Gasteiger partial charge in [-0.3, -0.25) is 14.5 Å². The first-order valence-electron chi connectivity index (χ1n) is 6.61. The summed E-state index contributed by atoms with van der Waals surface area (Å²) >= 11 is 0. The summed E-state index contributed by atoms with van der Waals surface area (Å²) in [5.41, 5.74) is 0.973. The van der Waals surface area contributed by atoms with Crippen LogP contribution in [0.15, 0.2) is 18.2 Å². The van der Waals surface area contributed by atoms with E-state index in [0.29, 0.717) is 30.9 Å². The Bertz CT molecular complexity index is 504. The molecule has 1 saturated heterocycles. The Kier molecular flexibility index (Phi) is 4.27. The number of rotatable bonds is 5. The standard InChI is InChI=1S/C15H19NO4/c1-10-6-14(17)16(15(10)18)5-4-11-7-12(19-2)9-13(8-11)20-3/h7-10H,4-6H2,1-3H3. The quantitative estimate of drug-likeness (QED) is 0.768. The van der Waals surface area contributed by atoms with Gasteiger partial charge in [-0.15, -0.1) is 0 Å². The number of likely N-dealkylation sites (tertiary alicyclic amines) is 1. The average molecular weight is 277 g/mol. The summed E-state index contributed by atoms with van der Waals surface area (Å²) in [7, 11) is 3.18. The summed E-state index contributed by atoms with van der Waals surface area (Å²) in [6.07, 6.45) is 0.915. The molecule has 2 amide bonds. The number of methoxy groups -OCH3 is 2. The molecule has 1 unspecified atom stereocenters. The van der Waals surface area contributed by atoms with Crippen molar-refractivity contribution < 1.29 is 19.1 Å². The molecule has 0 radical (unpaired) electrons. The van der Waals surface area contributed by atoms with Gasteiger partial charge in [0.15, 0.2) is 0 Å². The molecule has 0 spiro atoms. The number of hydrogen-bond donors (Lipinski definition) is 0. The maximum atomic E-state index is 11.8. The lowest BCUT2D eigenvalue weighted by Crippen LogP contribution is -2.32. The molecule has 1 atom stereocenters. The third kappa shape index (κ3) is 2.92. The van der Waals surface area contributed by atoms with Crippen molar-refractivity contribution in [2.45, 2.75) is 19.8 Å². The largest absolute Gasteiger partial charge is 0.497 e. The van der Waals surface area contributed by atoms with Gasteiger partial charge in [-0.1, -0.05) is 6.92 Å². The molecule has 108 valence electrons. The normalized spacial score (nSPS) is 18.6. The SMILES string of the molecule is COc1cc(CCN2C(=O)CC(C)C2=O)cc(OC)c1. The molecule has 0 saturated carbocycles. The minimum atomic E-state index is -0.192. The number of carbonyl (C=O) groups is 2. The van der Waals surface area contributed by atoms with E-state index in [4.69, 9.17) is 9.47 Å². The number of carbonyl (C=O) groups excluding carboxylic acids is 2. The molecule has 1 aliphatic heterocycles. The highest BCUT2D eigenvalue weighted by molar-refractivity contribution is 6.03. The van der Waals surface area contributed by atoms with E-state index in [2.05, 4.69) is 0 Å². The van der Waals surface area contributed by atoms with Crippen molar-refractivity contribution in [3.8, 4) is 11.5 Å². The second-order valence-electron chi connectivity index (χ2n) is 4.96. The fourth-order valence-electron chi connectivity index (χ4n) is 2.33. The summed E-state index contributed by atoms with van der Waals surface area (Å²) < 4.78 is 10.4. The van der Waals surface area contributed by atoms with Gasteiger partial charge in [0, 0.05) is 24.9 Å². The minimum Gasteiger partial charge on any atom is -0.497 e. The molecule has 1 aliphatic rings. The van der Waals surface area contributed by atoms with Crippen molar-refractivity contribution in [2.24, 2.45) is 5.92 Å². The Morgan fingerprint density at radius 3 is 2.20 bits per heavy atom. The highest BCUT2D eigenvalue weighted by Gasteiger charge is 2.34. The summed E-state index contributed by atoms with van der Waals surface area (Å²) in [4.78, 5) is 24.9. The molecule has 2 rings (SSSR count). The number of benzene rings is 1. The Balaban J connectivity index is 2.07. The van der Waals surface area contributed by atoms with Crippen LogP contribution in [-0.2, 0) is 16.0 Å². The van der Waals surface area contributed by atoms with Gasteiger partial charge in [0.25, 0.3) is 0 Å². The molecule has 1 aromatic rings. The van der Waals surface area contributed by atoms with Crippen LogP contribution in [0.4, 0.5) is 0 Å². The highest BCUT2D eigenvalue weighted by atomic mass is 16.5. The van der Waals surface area contributed by atoms with E-state index in [1.165, 1.54) is 4.90 Å². The van der Waals surface area contributed by atoms with E-state index in [-0.39, 0.29) is 17.7 Å². The number of hydrogen-bond acceptors (Lipinski definition) is 4. The smallest absolute Gasteiger partial charge is 0.232 e. The number of amides is 2. The molecule has 20 heavy (non-hydrogen) atoms. The molecule has 1 heterocycles. The van der Waals surface area contributed by atoms with Crippen LogP contribution >= 0.6 is 0 Å². The zero-order valence-corrected chi connectivity index (χ0v) is 12.0. The maximum Gasteiger partial charge on any atom is 0.232 e. The minimum absolute atomic E-state index is 0.0788. The third-order valence-electron chi connectivity index (χ3n) is 3.50. The first-order chi connectivity index (χ1) is 9.55. The predicted molar refractivity (Wildman–Crippen MR) is 73.8 cm³/mol. The van der Waals surface area contributed by atoms with Crippen molar-refractivity contribution in [1.82, 2.24) is 4.90 Å². The topological polar surface area (TPSA) is 55.8 Å². The molecule has 1 aromatic carbocycles. The van der Waals surface area contributed by atoms with E-state index in [1.807, 2.05) is 12.1 Å². The maximum absolute atomic E-state index is 11.8. The zero-order valence-electron chi connectivity index (χ0n) is 12.0. The van der Waals surface area contributed by atoms with Crippen LogP contribution in [0.5, 0.6) is 11.5 Å². The molecule has 0 N–H and O–H groups in total. The lowest BCUT2D eigenvalue weighted by molar-refractivity contribution is -0.139. The second-order valence-corrected chi connectivity index (χ2v) is 4.96. The molecule has 0 bridgehead atoms. The van der Waals surface area contributed by atoms with Gasteiger partial charge in [-0.25, -0.2) is 0 Å². The van der Waals surface area contributed by atoms with Crippen molar-refractivity contribution >= 4 is 11.8 Å². The molecular weight excluding hydrogens is 258 g/mol. The third-order valence-corrected chi connectivity index (χ3v) is 3.50. The number of imide groups is 1. The lowest BCUT2D eigenvalue weighted by atomic mass is 10.1. The van der Waals surface area contributed by atoms with Crippen molar-refractivity contribution in [3.63, 3.8) is 0 Å². The molecular formula is C15H19NO4. The summed E-state index contributed by atoms with van der Waals surface area (Å²) in [5.74, 6) is 1.04. The predicted octanol–water partition coefficient (Wildman–Crippen LogP) is 1.64. The van der Waals surface area contributed by atoms with Gasteiger partial charge in [-0.05, 0) is 24.1 Å². The zero-order chi connectivity index (χ0) is 14.7. The second kappa shape index (κ2) is 5.94. The van der Waals surface area contributed by atoms with Crippen molar-refractivity contribution in [2.75, 3.05) is 20.8 Å². The van der Waals surface area contributed by atoms with Crippen LogP contribution in [0.25, 0.3) is 0 Å². The van der Waals surface area contributed by atoms with E-state index in [9.17, 15) is 9.59 Å². The Hall–Kier alpha value is -2.04. The first kappa shape index (κ1) is 14.4. The van der Waals surface area contributed by atoms with E-state index >= 15 is 0 Å². The fraction of sp³-hybridized carbons (Fsp3) is 0.467. The van der Waals surface area contributed by atoms with Gasteiger partial charge < -0.3 is 9.47 Å². The Morgan fingerprint density at radius 2 is 1.75 bits per heavy atom. The number of ether oxygens (including phenoxy) is 2.